The van der Waals surface area contributed by atoms with E-state index < -0.39 is 0 Å². The second-order valence-corrected chi connectivity index (χ2v) is 6.49. The van der Waals surface area contributed by atoms with Crippen molar-refractivity contribution in [1.82, 2.24) is 15.8 Å². The number of ether oxygens (including phenoxy) is 2. The standard InChI is InChI=1S/C22H30N4O3/c1-6-11-28-21-12-16(9-10-20(21)27-5)14-24-22(23-4)25-15-18-13-19(26-29-18)17(7-2)8-3/h1,9-10,12-13,17H,7-8,11,14-15H2,2-5H3,(H2,23,24,25). The quantitative estimate of drug-likeness (QED) is 0.362. The van der Waals surface area contributed by atoms with E-state index >= 15 is 0 Å². The molecule has 0 spiro atoms. The molecular weight excluding hydrogens is 368 g/mol. The zero-order chi connectivity index (χ0) is 21.1. The molecule has 156 valence electrons. The van der Waals surface area contributed by atoms with E-state index in [1.54, 1.807) is 14.2 Å². The van der Waals surface area contributed by atoms with Crippen molar-refractivity contribution >= 4 is 5.96 Å². The Morgan fingerprint density at radius 2 is 1.97 bits per heavy atom. The molecule has 0 aliphatic carbocycles. The second-order valence-electron chi connectivity index (χ2n) is 6.49. The van der Waals surface area contributed by atoms with Crippen LogP contribution in [0.3, 0.4) is 0 Å². The Kier molecular flexibility index (Phi) is 8.90. The van der Waals surface area contributed by atoms with E-state index in [2.05, 4.69) is 40.6 Å². The van der Waals surface area contributed by atoms with Crippen molar-refractivity contribution in [2.24, 2.45) is 4.99 Å². The fraction of sp³-hybridized carbons (Fsp3) is 0.455. The SMILES string of the molecule is C#CCOc1cc(CNC(=NC)NCc2cc(C(CC)CC)no2)ccc1OC. The van der Waals surface area contributed by atoms with Gasteiger partial charge in [0.25, 0.3) is 0 Å². The third-order valence-corrected chi connectivity index (χ3v) is 4.63. The minimum absolute atomic E-state index is 0.187. The van der Waals surface area contributed by atoms with Gasteiger partial charge in [0.15, 0.2) is 23.2 Å². The molecule has 1 aromatic carbocycles. The maximum Gasteiger partial charge on any atom is 0.191 e. The summed E-state index contributed by atoms with van der Waals surface area (Å²) < 4.78 is 16.3. The zero-order valence-electron chi connectivity index (χ0n) is 17.6. The highest BCUT2D eigenvalue weighted by molar-refractivity contribution is 5.79. The highest BCUT2D eigenvalue weighted by atomic mass is 16.5. The Labute approximate surface area is 172 Å². The summed E-state index contributed by atoms with van der Waals surface area (Å²) in [6, 6.07) is 7.72. The number of hydrogen-bond donors (Lipinski definition) is 2. The van der Waals surface area contributed by atoms with Gasteiger partial charge in [-0.3, -0.25) is 4.99 Å². The van der Waals surface area contributed by atoms with Crippen LogP contribution in [0.2, 0.25) is 0 Å². The fourth-order valence-corrected chi connectivity index (χ4v) is 2.95. The van der Waals surface area contributed by atoms with Crippen LogP contribution in [-0.4, -0.2) is 31.9 Å². The predicted molar refractivity (Wildman–Crippen MR) is 114 cm³/mol. The predicted octanol–water partition coefficient (Wildman–Crippen LogP) is 3.46. The molecule has 2 aromatic rings. The molecule has 1 aromatic heterocycles. The summed E-state index contributed by atoms with van der Waals surface area (Å²) in [6.07, 6.45) is 7.37. The molecule has 7 nitrogen and oxygen atoms in total. The third kappa shape index (κ3) is 6.46. The smallest absolute Gasteiger partial charge is 0.191 e. The largest absolute Gasteiger partial charge is 0.493 e. The Balaban J connectivity index is 1.92. The van der Waals surface area contributed by atoms with Crippen molar-refractivity contribution in [3.63, 3.8) is 0 Å². The maximum absolute atomic E-state index is 5.54. The summed E-state index contributed by atoms with van der Waals surface area (Å²) in [4.78, 5) is 4.25. The Bertz CT molecular complexity index is 835. The van der Waals surface area contributed by atoms with Crippen molar-refractivity contribution in [2.75, 3.05) is 20.8 Å². The molecule has 0 radical (unpaired) electrons. The first-order chi connectivity index (χ1) is 14.1. The molecule has 0 aliphatic heterocycles. The lowest BCUT2D eigenvalue weighted by Crippen LogP contribution is -2.36. The van der Waals surface area contributed by atoms with E-state index in [4.69, 9.17) is 20.4 Å². The number of rotatable bonds is 10. The summed E-state index contributed by atoms with van der Waals surface area (Å²) in [6.45, 7) is 5.58. The summed E-state index contributed by atoms with van der Waals surface area (Å²) in [5.41, 5.74) is 2.02. The summed E-state index contributed by atoms with van der Waals surface area (Å²) in [7, 11) is 3.32. The van der Waals surface area contributed by atoms with Crippen LogP contribution >= 0.6 is 0 Å². The first-order valence-corrected chi connectivity index (χ1v) is 9.78. The number of guanidine groups is 1. The van der Waals surface area contributed by atoms with Crippen LogP contribution in [0.15, 0.2) is 33.8 Å². The van der Waals surface area contributed by atoms with Crippen molar-refractivity contribution in [1.29, 1.82) is 0 Å². The molecule has 0 bridgehead atoms. The Morgan fingerprint density at radius 1 is 1.21 bits per heavy atom. The monoisotopic (exact) mass is 398 g/mol. The lowest BCUT2D eigenvalue weighted by Gasteiger charge is -2.13. The van der Waals surface area contributed by atoms with Crippen molar-refractivity contribution in [2.45, 2.75) is 45.7 Å². The number of nitrogens with one attached hydrogen (secondary N) is 2. The second kappa shape index (κ2) is 11.6. The minimum Gasteiger partial charge on any atom is -0.493 e. The lowest BCUT2D eigenvalue weighted by atomic mass is 9.99. The molecule has 2 rings (SSSR count). The van der Waals surface area contributed by atoms with Gasteiger partial charge >= 0.3 is 0 Å². The number of nitrogens with zero attached hydrogens (tertiary/aromatic N) is 2. The molecule has 0 amide bonds. The van der Waals surface area contributed by atoms with E-state index in [1.807, 2.05) is 24.3 Å². The lowest BCUT2D eigenvalue weighted by molar-refractivity contribution is 0.330. The van der Waals surface area contributed by atoms with Crippen LogP contribution in [0, 0.1) is 12.3 Å². The first-order valence-electron chi connectivity index (χ1n) is 9.78. The van der Waals surface area contributed by atoms with E-state index in [1.165, 1.54) is 0 Å². The number of aromatic nitrogens is 1. The van der Waals surface area contributed by atoms with Crippen molar-refractivity contribution < 1.29 is 14.0 Å². The van der Waals surface area contributed by atoms with Crippen LogP contribution < -0.4 is 20.1 Å². The average molecular weight is 399 g/mol. The van der Waals surface area contributed by atoms with Crippen LogP contribution in [0.1, 0.15) is 49.6 Å². The number of hydrogen-bond acceptors (Lipinski definition) is 5. The van der Waals surface area contributed by atoms with Gasteiger partial charge in [-0.25, -0.2) is 0 Å². The van der Waals surface area contributed by atoms with E-state index in [0.29, 0.717) is 36.5 Å². The normalized spacial score (nSPS) is 11.2. The van der Waals surface area contributed by atoms with Crippen LogP contribution in [-0.2, 0) is 13.1 Å². The van der Waals surface area contributed by atoms with E-state index in [-0.39, 0.29) is 6.61 Å². The number of methoxy groups -OCH3 is 1. The molecule has 0 aliphatic rings. The van der Waals surface area contributed by atoms with Gasteiger partial charge in [0, 0.05) is 25.6 Å². The Morgan fingerprint density at radius 3 is 2.62 bits per heavy atom. The minimum atomic E-state index is 0.187. The van der Waals surface area contributed by atoms with Crippen molar-refractivity contribution in [3.05, 3.63) is 41.3 Å². The van der Waals surface area contributed by atoms with Gasteiger partial charge < -0.3 is 24.6 Å². The van der Waals surface area contributed by atoms with Gasteiger partial charge in [-0.1, -0.05) is 31.0 Å². The molecule has 0 saturated carbocycles. The molecule has 0 unspecified atom stereocenters. The Hall–Kier alpha value is -3.14. The number of benzene rings is 1. The van der Waals surface area contributed by atoms with Gasteiger partial charge in [-0.05, 0) is 30.5 Å². The molecule has 0 saturated heterocycles. The number of aliphatic imine (C=N–C) groups is 1. The molecule has 29 heavy (non-hydrogen) atoms. The van der Waals surface area contributed by atoms with Crippen molar-refractivity contribution in [3.8, 4) is 23.8 Å². The summed E-state index contributed by atoms with van der Waals surface area (Å²) >= 11 is 0. The fourth-order valence-electron chi connectivity index (χ4n) is 2.95. The maximum atomic E-state index is 5.54. The highest BCUT2D eigenvalue weighted by Crippen LogP contribution is 2.28. The van der Waals surface area contributed by atoms with Crippen LogP contribution in [0.4, 0.5) is 0 Å². The van der Waals surface area contributed by atoms with Gasteiger partial charge in [-0.15, -0.1) is 6.42 Å². The summed E-state index contributed by atoms with van der Waals surface area (Å²) in [5.74, 6) is 5.59. The summed E-state index contributed by atoms with van der Waals surface area (Å²) in [5, 5.41) is 10.7. The van der Waals surface area contributed by atoms with Gasteiger partial charge in [0.05, 0.1) is 19.3 Å². The molecule has 2 N–H and O–H groups in total. The first kappa shape index (κ1) is 22.2. The number of terminal acetylenes is 1. The van der Waals surface area contributed by atoms with Crippen LogP contribution in [0.25, 0.3) is 0 Å². The topological polar surface area (TPSA) is 80.9 Å². The van der Waals surface area contributed by atoms with Gasteiger partial charge in [0.1, 0.15) is 6.61 Å². The third-order valence-electron chi connectivity index (χ3n) is 4.63. The zero-order valence-corrected chi connectivity index (χ0v) is 17.6. The molecule has 7 heteroatoms. The highest BCUT2D eigenvalue weighted by Gasteiger charge is 2.13. The van der Waals surface area contributed by atoms with Crippen LogP contribution in [0.5, 0.6) is 11.5 Å². The molecule has 1 heterocycles. The van der Waals surface area contributed by atoms with E-state index in [9.17, 15) is 0 Å². The van der Waals surface area contributed by atoms with E-state index in [0.717, 1.165) is 29.9 Å². The molecular formula is C22H30N4O3. The molecule has 0 atom stereocenters. The van der Waals surface area contributed by atoms with Gasteiger partial charge in [-0.2, -0.15) is 0 Å². The molecule has 0 fully saturated rings. The van der Waals surface area contributed by atoms with Gasteiger partial charge in [0.2, 0.25) is 0 Å². The average Bonchev–Trinajstić information content (AvgIpc) is 3.22.